The molecule has 3 aromatic carbocycles. The molecular formula is C19H15NO4. The summed E-state index contributed by atoms with van der Waals surface area (Å²) in [7, 11) is 0. The van der Waals surface area contributed by atoms with Crippen molar-refractivity contribution < 1.29 is 9.53 Å². The third-order valence-corrected chi connectivity index (χ3v) is 3.62. The Morgan fingerprint density at radius 1 is 1.00 bits per heavy atom. The van der Waals surface area contributed by atoms with Gasteiger partial charge in [0.25, 0.3) is 5.43 Å². The highest BCUT2D eigenvalue weighted by molar-refractivity contribution is 5.91. The lowest BCUT2D eigenvalue weighted by molar-refractivity contribution is 0.0526. The highest BCUT2D eigenvalue weighted by Gasteiger charge is 2.22. The lowest BCUT2D eigenvalue weighted by Gasteiger charge is -2.14. The molecule has 0 unspecified atom stereocenters. The SMILES string of the molecule is CCOC(=O)c1cccc(Nc2c(-c3ccccc3)c(=O)c2=O)c1. The zero-order chi connectivity index (χ0) is 17.1. The molecule has 3 rings (SSSR count). The Morgan fingerprint density at radius 2 is 1.75 bits per heavy atom. The zero-order valence-electron chi connectivity index (χ0n) is 13.0. The van der Waals surface area contributed by atoms with E-state index in [-0.39, 0.29) is 12.3 Å². The molecule has 0 heterocycles. The number of carbonyl (C=O) groups excluding carboxylic acids is 1. The average molecular weight is 321 g/mol. The molecule has 0 saturated carbocycles. The molecule has 0 aliphatic heterocycles. The van der Waals surface area contributed by atoms with Gasteiger partial charge in [-0.1, -0.05) is 36.4 Å². The van der Waals surface area contributed by atoms with Crippen LogP contribution in [0.4, 0.5) is 11.4 Å². The van der Waals surface area contributed by atoms with Crippen LogP contribution in [0, 0.1) is 0 Å². The molecule has 0 atom stereocenters. The van der Waals surface area contributed by atoms with Crippen LogP contribution in [-0.4, -0.2) is 12.6 Å². The molecule has 0 aromatic heterocycles. The molecule has 24 heavy (non-hydrogen) atoms. The zero-order valence-corrected chi connectivity index (χ0v) is 13.0. The fourth-order valence-electron chi connectivity index (χ4n) is 2.47. The molecule has 3 aromatic rings. The quantitative estimate of drug-likeness (QED) is 0.578. The lowest BCUT2D eigenvalue weighted by Crippen LogP contribution is -2.35. The number of hydrogen-bond donors (Lipinski definition) is 1. The normalized spacial score (nSPS) is 10.5. The van der Waals surface area contributed by atoms with Crippen LogP contribution in [0.3, 0.4) is 0 Å². The summed E-state index contributed by atoms with van der Waals surface area (Å²) < 4.78 is 4.96. The van der Waals surface area contributed by atoms with Crippen LogP contribution in [0.5, 0.6) is 0 Å². The van der Waals surface area contributed by atoms with Gasteiger partial charge in [-0.25, -0.2) is 4.79 Å². The van der Waals surface area contributed by atoms with Crippen molar-refractivity contribution >= 4 is 17.3 Å². The summed E-state index contributed by atoms with van der Waals surface area (Å²) in [5.41, 5.74) is 1.15. The molecule has 0 bridgehead atoms. The van der Waals surface area contributed by atoms with Crippen molar-refractivity contribution in [1.82, 2.24) is 0 Å². The van der Waals surface area contributed by atoms with Gasteiger partial charge >= 0.3 is 5.97 Å². The first-order valence-electron chi connectivity index (χ1n) is 7.54. The van der Waals surface area contributed by atoms with E-state index in [1.54, 1.807) is 55.5 Å². The Bertz CT molecular complexity index is 953. The second kappa shape index (κ2) is 6.50. The van der Waals surface area contributed by atoms with Crippen LogP contribution >= 0.6 is 0 Å². The van der Waals surface area contributed by atoms with Gasteiger partial charge in [-0.3, -0.25) is 9.59 Å². The minimum atomic E-state index is -0.560. The molecule has 0 amide bonds. The molecule has 5 nitrogen and oxygen atoms in total. The number of ether oxygens (including phenoxy) is 1. The molecule has 0 aliphatic rings. The minimum Gasteiger partial charge on any atom is -0.462 e. The Hall–Kier alpha value is -3.21. The number of anilines is 2. The van der Waals surface area contributed by atoms with Gasteiger partial charge in [0.15, 0.2) is 0 Å². The number of carbonyl (C=O) groups is 1. The maximum absolute atomic E-state index is 11.9. The largest absolute Gasteiger partial charge is 0.462 e. The summed E-state index contributed by atoms with van der Waals surface area (Å²) in [6.45, 7) is 2.02. The summed E-state index contributed by atoms with van der Waals surface area (Å²) in [6, 6.07) is 15.6. The van der Waals surface area contributed by atoms with Gasteiger partial charge in [-0.2, -0.15) is 0 Å². The molecule has 0 saturated heterocycles. The van der Waals surface area contributed by atoms with Gasteiger partial charge in [-0.15, -0.1) is 0 Å². The van der Waals surface area contributed by atoms with E-state index in [9.17, 15) is 14.4 Å². The van der Waals surface area contributed by atoms with Gasteiger partial charge in [0, 0.05) is 5.69 Å². The van der Waals surface area contributed by atoms with E-state index in [0.29, 0.717) is 22.4 Å². The summed E-state index contributed by atoms with van der Waals surface area (Å²) in [6.07, 6.45) is 0. The highest BCUT2D eigenvalue weighted by atomic mass is 16.5. The maximum Gasteiger partial charge on any atom is 0.338 e. The van der Waals surface area contributed by atoms with Crippen LogP contribution in [0.15, 0.2) is 64.2 Å². The number of benzene rings is 2. The monoisotopic (exact) mass is 321 g/mol. The third-order valence-electron chi connectivity index (χ3n) is 3.62. The fourth-order valence-corrected chi connectivity index (χ4v) is 2.47. The van der Waals surface area contributed by atoms with E-state index in [1.165, 1.54) is 0 Å². The van der Waals surface area contributed by atoms with Crippen molar-refractivity contribution in [3.63, 3.8) is 0 Å². The Kier molecular flexibility index (Phi) is 4.24. The Morgan fingerprint density at radius 3 is 2.46 bits per heavy atom. The van der Waals surface area contributed by atoms with E-state index in [4.69, 9.17) is 4.74 Å². The first-order valence-corrected chi connectivity index (χ1v) is 7.54. The molecule has 0 spiro atoms. The van der Waals surface area contributed by atoms with Crippen molar-refractivity contribution in [1.29, 1.82) is 0 Å². The summed E-state index contributed by atoms with van der Waals surface area (Å²) >= 11 is 0. The maximum atomic E-state index is 11.9. The van der Waals surface area contributed by atoms with E-state index in [1.807, 2.05) is 6.07 Å². The standard InChI is InChI=1S/C19H15NO4/c1-2-24-19(23)13-9-6-10-14(11-13)20-16-15(17(21)18(16)22)12-7-4-3-5-8-12/h3-11,20H,2H2,1H3. The van der Waals surface area contributed by atoms with Crippen LogP contribution < -0.4 is 16.2 Å². The first kappa shape index (κ1) is 15.7. The van der Waals surface area contributed by atoms with Crippen molar-refractivity contribution in [2.24, 2.45) is 0 Å². The van der Waals surface area contributed by atoms with E-state index in [0.717, 1.165) is 0 Å². The number of hydrogen-bond acceptors (Lipinski definition) is 5. The van der Waals surface area contributed by atoms with Gasteiger partial charge in [0.2, 0.25) is 5.43 Å². The number of rotatable bonds is 5. The molecular weight excluding hydrogens is 306 g/mol. The van der Waals surface area contributed by atoms with Gasteiger partial charge in [0.05, 0.1) is 17.7 Å². The predicted octanol–water partition coefficient (Wildman–Crippen LogP) is 2.87. The van der Waals surface area contributed by atoms with E-state index in [2.05, 4.69) is 5.32 Å². The second-order valence-corrected chi connectivity index (χ2v) is 5.20. The highest BCUT2D eigenvalue weighted by Crippen LogP contribution is 2.26. The molecule has 1 N–H and O–H groups in total. The van der Waals surface area contributed by atoms with Crippen molar-refractivity contribution in [2.45, 2.75) is 6.92 Å². The van der Waals surface area contributed by atoms with Crippen molar-refractivity contribution in [3.05, 3.63) is 80.6 Å². The minimum absolute atomic E-state index is 0.243. The topological polar surface area (TPSA) is 72.5 Å². The lowest BCUT2D eigenvalue weighted by atomic mass is 9.98. The summed E-state index contributed by atoms with van der Waals surface area (Å²) in [5, 5.41) is 2.95. The van der Waals surface area contributed by atoms with Crippen molar-refractivity contribution in [3.8, 4) is 11.1 Å². The van der Waals surface area contributed by atoms with Crippen LogP contribution in [-0.2, 0) is 4.74 Å². The first-order chi connectivity index (χ1) is 11.6. The fraction of sp³-hybridized carbons (Fsp3) is 0.105. The van der Waals surface area contributed by atoms with E-state index < -0.39 is 16.8 Å². The van der Waals surface area contributed by atoms with Crippen LogP contribution in [0.1, 0.15) is 17.3 Å². The van der Waals surface area contributed by atoms with Gasteiger partial charge in [-0.05, 0) is 30.7 Å². The molecule has 120 valence electrons. The summed E-state index contributed by atoms with van der Waals surface area (Å²) in [5.74, 6) is -0.436. The average Bonchev–Trinajstić information content (AvgIpc) is 2.62. The van der Waals surface area contributed by atoms with Crippen LogP contribution in [0.2, 0.25) is 0 Å². The molecule has 0 fully saturated rings. The molecule has 5 heteroatoms. The Labute approximate surface area is 138 Å². The van der Waals surface area contributed by atoms with E-state index >= 15 is 0 Å². The number of esters is 1. The van der Waals surface area contributed by atoms with Gasteiger partial charge in [0.1, 0.15) is 5.69 Å². The van der Waals surface area contributed by atoms with Gasteiger partial charge < -0.3 is 10.1 Å². The van der Waals surface area contributed by atoms with Crippen LogP contribution in [0.25, 0.3) is 11.1 Å². The van der Waals surface area contributed by atoms with Crippen molar-refractivity contribution in [2.75, 3.05) is 11.9 Å². The third kappa shape index (κ3) is 2.84. The predicted molar refractivity (Wildman–Crippen MR) is 92.5 cm³/mol. The summed E-state index contributed by atoms with van der Waals surface area (Å²) in [4.78, 5) is 35.6. The molecule has 0 radical (unpaired) electrons. The molecule has 0 aliphatic carbocycles. The Balaban J connectivity index is 1.92. The second-order valence-electron chi connectivity index (χ2n) is 5.20. The number of nitrogens with one attached hydrogen (secondary N) is 1. The smallest absolute Gasteiger partial charge is 0.338 e.